The number of hydrogen-bond donors (Lipinski definition) is 0. The molecule has 7 heteroatoms. The molecular formula is C31H47N3O4. The zero-order valence-corrected chi connectivity index (χ0v) is 24.1. The monoisotopic (exact) mass is 525 g/mol. The third-order valence-corrected chi connectivity index (χ3v) is 7.54. The van der Waals surface area contributed by atoms with E-state index in [4.69, 9.17) is 9.47 Å². The van der Waals surface area contributed by atoms with Crippen LogP contribution in [0.1, 0.15) is 77.0 Å². The maximum Gasteiger partial charge on any atom is 0.242 e. The Labute approximate surface area is 229 Å². The SMILES string of the molecule is COCCCN(CC(=O)N(Cc1cccn1Cc1cccc(OC)c1)C(C)(C)C)C(=O)CCC1CCCC1. The summed E-state index contributed by atoms with van der Waals surface area (Å²) in [5, 5.41) is 0. The Bertz CT molecular complexity index is 1020. The van der Waals surface area contributed by atoms with Crippen LogP contribution < -0.4 is 4.74 Å². The van der Waals surface area contributed by atoms with Crippen LogP contribution in [0, 0.1) is 5.92 Å². The van der Waals surface area contributed by atoms with Crippen LogP contribution in [0.25, 0.3) is 0 Å². The second kappa shape index (κ2) is 14.4. The number of ether oxygens (including phenoxy) is 2. The molecule has 1 aliphatic rings. The van der Waals surface area contributed by atoms with E-state index >= 15 is 0 Å². The van der Waals surface area contributed by atoms with Gasteiger partial charge in [-0.3, -0.25) is 9.59 Å². The fraction of sp³-hybridized carbons (Fsp3) is 0.613. The molecule has 2 aromatic rings. The highest BCUT2D eigenvalue weighted by Crippen LogP contribution is 2.29. The zero-order chi connectivity index (χ0) is 27.5. The highest BCUT2D eigenvalue weighted by molar-refractivity contribution is 5.85. The van der Waals surface area contributed by atoms with E-state index in [0.29, 0.717) is 38.6 Å². The molecule has 1 saturated carbocycles. The van der Waals surface area contributed by atoms with Gasteiger partial charge in [0.1, 0.15) is 5.75 Å². The lowest BCUT2D eigenvalue weighted by Gasteiger charge is -2.37. The summed E-state index contributed by atoms with van der Waals surface area (Å²) in [5.41, 5.74) is 1.79. The predicted molar refractivity (Wildman–Crippen MR) is 151 cm³/mol. The van der Waals surface area contributed by atoms with Crippen LogP contribution in [0.5, 0.6) is 5.75 Å². The van der Waals surface area contributed by atoms with Crippen LogP contribution >= 0.6 is 0 Å². The average Bonchev–Trinajstić information content (AvgIpc) is 3.57. The van der Waals surface area contributed by atoms with Crippen molar-refractivity contribution in [3.63, 3.8) is 0 Å². The average molecular weight is 526 g/mol. The zero-order valence-electron chi connectivity index (χ0n) is 24.1. The molecule has 1 heterocycles. The van der Waals surface area contributed by atoms with Gasteiger partial charge in [-0.05, 0) is 69.4 Å². The molecule has 0 unspecified atom stereocenters. The molecule has 0 bridgehead atoms. The Balaban J connectivity index is 1.71. The fourth-order valence-electron chi connectivity index (χ4n) is 5.30. The molecule has 2 amide bonds. The molecular weight excluding hydrogens is 478 g/mol. The van der Waals surface area contributed by atoms with E-state index in [1.54, 1.807) is 19.1 Å². The second-order valence-electron chi connectivity index (χ2n) is 11.5. The number of hydrogen-bond acceptors (Lipinski definition) is 4. The maximum absolute atomic E-state index is 13.8. The van der Waals surface area contributed by atoms with Gasteiger partial charge in [0.05, 0.1) is 20.2 Å². The lowest BCUT2D eigenvalue weighted by Crippen LogP contribution is -2.50. The van der Waals surface area contributed by atoms with Crippen LogP contribution in [0.2, 0.25) is 0 Å². The number of nitrogens with zero attached hydrogens (tertiary/aromatic N) is 3. The van der Waals surface area contributed by atoms with Crippen LogP contribution in [0.4, 0.5) is 0 Å². The first kappa shape index (κ1) is 29.8. The van der Waals surface area contributed by atoms with Gasteiger partial charge in [0.15, 0.2) is 0 Å². The summed E-state index contributed by atoms with van der Waals surface area (Å²) < 4.78 is 12.8. The summed E-state index contributed by atoms with van der Waals surface area (Å²) in [7, 11) is 3.34. The summed E-state index contributed by atoms with van der Waals surface area (Å²) in [6, 6.07) is 12.1. The topological polar surface area (TPSA) is 64.0 Å². The Morgan fingerprint density at radius 3 is 2.50 bits per heavy atom. The molecule has 7 nitrogen and oxygen atoms in total. The minimum atomic E-state index is -0.396. The molecule has 0 N–H and O–H groups in total. The molecule has 0 radical (unpaired) electrons. The van der Waals surface area contributed by atoms with Crippen molar-refractivity contribution in [2.75, 3.05) is 33.9 Å². The van der Waals surface area contributed by atoms with E-state index in [-0.39, 0.29) is 18.4 Å². The number of carbonyl (C=O) groups excluding carboxylic acids is 2. The third-order valence-electron chi connectivity index (χ3n) is 7.54. The van der Waals surface area contributed by atoms with Gasteiger partial charge >= 0.3 is 0 Å². The van der Waals surface area contributed by atoms with Crippen molar-refractivity contribution in [3.8, 4) is 5.75 Å². The Morgan fingerprint density at radius 1 is 1.05 bits per heavy atom. The molecule has 38 heavy (non-hydrogen) atoms. The highest BCUT2D eigenvalue weighted by Gasteiger charge is 2.30. The van der Waals surface area contributed by atoms with Gasteiger partial charge in [-0.15, -0.1) is 0 Å². The molecule has 1 fully saturated rings. The van der Waals surface area contributed by atoms with E-state index in [1.807, 2.05) is 35.4 Å². The van der Waals surface area contributed by atoms with Crippen molar-refractivity contribution >= 4 is 11.8 Å². The minimum absolute atomic E-state index is 0.0294. The summed E-state index contributed by atoms with van der Waals surface area (Å²) in [4.78, 5) is 30.6. The Kier molecular flexibility index (Phi) is 11.3. The Hall–Kier alpha value is -2.80. The van der Waals surface area contributed by atoms with Crippen LogP contribution in [-0.2, 0) is 27.4 Å². The van der Waals surface area contributed by atoms with E-state index < -0.39 is 5.54 Å². The summed E-state index contributed by atoms with van der Waals surface area (Å²) >= 11 is 0. The van der Waals surface area contributed by atoms with Crippen LogP contribution in [0.3, 0.4) is 0 Å². The van der Waals surface area contributed by atoms with Crippen LogP contribution in [0.15, 0.2) is 42.6 Å². The van der Waals surface area contributed by atoms with Crippen LogP contribution in [-0.4, -0.2) is 65.6 Å². The molecule has 0 aliphatic heterocycles. The molecule has 1 aliphatic carbocycles. The number of rotatable bonds is 14. The lowest BCUT2D eigenvalue weighted by atomic mass is 10.0. The summed E-state index contributed by atoms with van der Waals surface area (Å²) in [6.07, 6.45) is 9.20. The molecule has 1 aromatic heterocycles. The maximum atomic E-state index is 13.8. The van der Waals surface area contributed by atoms with E-state index in [9.17, 15) is 9.59 Å². The third kappa shape index (κ3) is 8.90. The molecule has 0 saturated heterocycles. The normalized spacial score (nSPS) is 14.0. The number of amides is 2. The predicted octanol–water partition coefficient (Wildman–Crippen LogP) is 5.51. The number of benzene rings is 1. The van der Waals surface area contributed by atoms with Gasteiger partial charge in [-0.25, -0.2) is 0 Å². The van der Waals surface area contributed by atoms with Crippen molar-refractivity contribution in [1.29, 1.82) is 0 Å². The van der Waals surface area contributed by atoms with Gasteiger partial charge in [0.25, 0.3) is 0 Å². The number of methoxy groups -OCH3 is 2. The smallest absolute Gasteiger partial charge is 0.242 e. The lowest BCUT2D eigenvalue weighted by molar-refractivity contribution is -0.144. The minimum Gasteiger partial charge on any atom is -0.497 e. The van der Waals surface area contributed by atoms with Gasteiger partial charge < -0.3 is 23.8 Å². The molecule has 0 atom stereocenters. The van der Waals surface area contributed by atoms with Gasteiger partial charge in [-0.1, -0.05) is 37.8 Å². The fourth-order valence-corrected chi connectivity index (χ4v) is 5.30. The summed E-state index contributed by atoms with van der Waals surface area (Å²) in [6.45, 7) is 8.53. The van der Waals surface area contributed by atoms with Crippen molar-refractivity contribution < 1.29 is 19.1 Å². The summed E-state index contributed by atoms with van der Waals surface area (Å²) in [5.74, 6) is 1.53. The first-order chi connectivity index (χ1) is 18.2. The van der Waals surface area contributed by atoms with Gasteiger partial charge in [-0.2, -0.15) is 0 Å². The first-order valence-electron chi connectivity index (χ1n) is 14.1. The van der Waals surface area contributed by atoms with Crippen molar-refractivity contribution in [3.05, 3.63) is 53.9 Å². The van der Waals surface area contributed by atoms with Crippen molar-refractivity contribution in [2.45, 2.75) is 84.3 Å². The quantitative estimate of drug-likeness (QED) is 0.305. The number of carbonyl (C=O) groups is 2. The van der Waals surface area contributed by atoms with Crippen molar-refractivity contribution in [2.24, 2.45) is 5.92 Å². The van der Waals surface area contributed by atoms with Crippen molar-refractivity contribution in [1.82, 2.24) is 14.4 Å². The largest absolute Gasteiger partial charge is 0.497 e. The molecule has 0 spiro atoms. The molecule has 3 rings (SSSR count). The van der Waals surface area contributed by atoms with E-state index in [0.717, 1.165) is 29.8 Å². The first-order valence-corrected chi connectivity index (χ1v) is 14.1. The highest BCUT2D eigenvalue weighted by atomic mass is 16.5. The van der Waals surface area contributed by atoms with Gasteiger partial charge in [0.2, 0.25) is 11.8 Å². The second-order valence-corrected chi connectivity index (χ2v) is 11.5. The van der Waals surface area contributed by atoms with E-state index in [1.165, 1.54) is 25.7 Å². The van der Waals surface area contributed by atoms with E-state index in [2.05, 4.69) is 37.5 Å². The molecule has 1 aromatic carbocycles. The van der Waals surface area contributed by atoms with Gasteiger partial charge in [0, 0.05) is 50.7 Å². The number of aromatic nitrogens is 1. The molecule has 210 valence electrons. The standard InChI is InChI=1S/C31H47N3O4/c1-31(2,3)34(23-27-14-9-18-32(27)22-26-13-8-15-28(21-26)38-5)30(36)24-33(19-10-20-37-4)29(35)17-16-25-11-6-7-12-25/h8-9,13-15,18,21,25H,6-7,10-12,16-17,19-20,22-24H2,1-5H3. The Morgan fingerprint density at radius 2 is 1.82 bits per heavy atom.